The minimum Gasteiger partial charge on any atom is -0.496 e. The highest BCUT2D eigenvalue weighted by Gasteiger charge is 2.30. The maximum Gasteiger partial charge on any atom is 0.162 e. The van der Waals surface area contributed by atoms with Gasteiger partial charge in [0, 0.05) is 28.9 Å². The first-order chi connectivity index (χ1) is 13.1. The van der Waals surface area contributed by atoms with Crippen LogP contribution in [0.4, 0.5) is 10.1 Å². The lowest BCUT2D eigenvalue weighted by Gasteiger charge is -2.19. The van der Waals surface area contributed by atoms with Crippen molar-refractivity contribution < 1.29 is 13.9 Å². The molecule has 2 aromatic carbocycles. The van der Waals surface area contributed by atoms with Gasteiger partial charge >= 0.3 is 0 Å². The Morgan fingerprint density at radius 1 is 1.30 bits per heavy atom. The normalized spacial score (nSPS) is 14.8. The number of benzene rings is 2. The average Bonchev–Trinajstić information content (AvgIpc) is 3.06. The van der Waals surface area contributed by atoms with Crippen molar-refractivity contribution in [1.29, 1.82) is 5.26 Å². The number of ketones is 1. The van der Waals surface area contributed by atoms with Gasteiger partial charge in [-0.05, 0) is 36.2 Å². The summed E-state index contributed by atoms with van der Waals surface area (Å²) >= 11 is 0. The van der Waals surface area contributed by atoms with E-state index >= 15 is 0 Å². The Morgan fingerprint density at radius 2 is 2.11 bits per heavy atom. The van der Waals surface area contributed by atoms with Crippen LogP contribution in [-0.4, -0.2) is 12.9 Å². The molecule has 0 bridgehead atoms. The summed E-state index contributed by atoms with van der Waals surface area (Å²) in [5.74, 6) is 0.436. The van der Waals surface area contributed by atoms with Crippen LogP contribution in [0.25, 0.3) is 0 Å². The van der Waals surface area contributed by atoms with E-state index in [0.29, 0.717) is 46.5 Å². The quantitative estimate of drug-likeness (QED) is 0.814. The number of Topliss-reactive ketones (excluding diaryl/α,β-unsaturated/α-hetero) is 1. The van der Waals surface area contributed by atoms with Gasteiger partial charge in [0.05, 0.1) is 24.8 Å². The van der Waals surface area contributed by atoms with Crippen molar-refractivity contribution in [2.75, 3.05) is 12.4 Å². The second-order valence-electron chi connectivity index (χ2n) is 6.32. The maximum absolute atomic E-state index is 12.9. The molecular formula is C21H20FN3O2. The number of allylic oxidation sites excluding steroid dienone is 1. The van der Waals surface area contributed by atoms with E-state index in [1.54, 1.807) is 36.4 Å². The lowest BCUT2D eigenvalue weighted by Crippen LogP contribution is -2.20. The molecule has 27 heavy (non-hydrogen) atoms. The first-order valence-corrected chi connectivity index (χ1v) is 8.59. The lowest BCUT2D eigenvalue weighted by molar-refractivity contribution is -0.115. The van der Waals surface area contributed by atoms with E-state index in [2.05, 4.69) is 11.4 Å². The Labute approximate surface area is 157 Å². The van der Waals surface area contributed by atoms with Crippen LogP contribution in [0.15, 0.2) is 53.7 Å². The average molecular weight is 365 g/mol. The third kappa shape index (κ3) is 3.83. The fraction of sp³-hybridized carbons (Fsp3) is 0.238. The largest absolute Gasteiger partial charge is 0.496 e. The molecule has 6 heteroatoms. The molecule has 0 saturated heterocycles. The SMILES string of the molecule is COc1cc(C#N)ccc1C(N)C1=C(Nc2cccc(CF)c2)CCC1=O. The van der Waals surface area contributed by atoms with Gasteiger partial charge in [-0.3, -0.25) is 4.79 Å². The minimum atomic E-state index is -0.686. The Balaban J connectivity index is 1.97. The summed E-state index contributed by atoms with van der Waals surface area (Å²) < 4.78 is 18.3. The summed E-state index contributed by atoms with van der Waals surface area (Å²) in [5.41, 5.74) is 10.0. The Morgan fingerprint density at radius 3 is 2.81 bits per heavy atom. The molecule has 1 atom stereocenters. The standard InChI is InChI=1S/C21H20FN3O2/c1-27-19-10-14(12-23)5-6-16(19)21(24)20-17(7-8-18(20)26)25-15-4-2-3-13(9-15)11-22/h2-6,9-10,21,25H,7-8,11,24H2,1H3. The van der Waals surface area contributed by atoms with Gasteiger partial charge in [-0.25, -0.2) is 4.39 Å². The summed E-state index contributed by atoms with van der Waals surface area (Å²) in [5, 5.41) is 12.3. The van der Waals surface area contributed by atoms with Crippen molar-refractivity contribution in [2.24, 2.45) is 5.73 Å². The van der Waals surface area contributed by atoms with Gasteiger partial charge in [0.2, 0.25) is 0 Å². The Hall–Kier alpha value is -3.17. The van der Waals surface area contributed by atoms with Gasteiger partial charge in [-0.2, -0.15) is 5.26 Å². The molecule has 0 radical (unpaired) electrons. The number of hydrogen-bond donors (Lipinski definition) is 2. The van der Waals surface area contributed by atoms with Crippen LogP contribution in [0.3, 0.4) is 0 Å². The van der Waals surface area contributed by atoms with Gasteiger partial charge in [-0.15, -0.1) is 0 Å². The van der Waals surface area contributed by atoms with Crippen molar-refractivity contribution in [2.45, 2.75) is 25.6 Å². The maximum atomic E-state index is 12.9. The van der Waals surface area contributed by atoms with E-state index in [0.717, 1.165) is 5.70 Å². The number of carbonyl (C=O) groups is 1. The van der Waals surface area contributed by atoms with Crippen LogP contribution in [0, 0.1) is 11.3 Å². The topological polar surface area (TPSA) is 88.1 Å². The molecule has 0 spiro atoms. The zero-order valence-corrected chi connectivity index (χ0v) is 15.0. The molecular weight excluding hydrogens is 345 g/mol. The van der Waals surface area contributed by atoms with Gasteiger partial charge in [-0.1, -0.05) is 18.2 Å². The highest BCUT2D eigenvalue weighted by molar-refractivity contribution is 6.00. The number of nitrogens with two attached hydrogens (primary N) is 1. The first-order valence-electron chi connectivity index (χ1n) is 8.59. The fourth-order valence-electron chi connectivity index (χ4n) is 3.27. The molecule has 1 aliphatic carbocycles. The van der Waals surface area contributed by atoms with Crippen LogP contribution in [0.1, 0.15) is 35.6 Å². The second-order valence-corrected chi connectivity index (χ2v) is 6.32. The van der Waals surface area contributed by atoms with Gasteiger partial charge in [0.1, 0.15) is 12.4 Å². The second kappa shape index (κ2) is 8.02. The molecule has 0 aromatic heterocycles. The van der Waals surface area contributed by atoms with Crippen LogP contribution in [0.2, 0.25) is 0 Å². The van der Waals surface area contributed by atoms with Crippen molar-refractivity contribution >= 4 is 11.5 Å². The molecule has 1 unspecified atom stereocenters. The molecule has 3 rings (SSSR count). The summed E-state index contributed by atoms with van der Waals surface area (Å²) in [7, 11) is 1.50. The number of anilines is 1. The number of halogens is 1. The van der Waals surface area contributed by atoms with E-state index in [4.69, 9.17) is 15.7 Å². The zero-order valence-electron chi connectivity index (χ0n) is 15.0. The van der Waals surface area contributed by atoms with Gasteiger partial charge < -0.3 is 15.8 Å². The minimum absolute atomic E-state index is 0.0296. The molecule has 1 aliphatic rings. The molecule has 5 nitrogen and oxygen atoms in total. The third-order valence-corrected chi connectivity index (χ3v) is 4.61. The number of rotatable bonds is 6. The van der Waals surface area contributed by atoms with Crippen molar-refractivity contribution in [3.63, 3.8) is 0 Å². The number of alkyl halides is 1. The third-order valence-electron chi connectivity index (χ3n) is 4.61. The number of hydrogen-bond acceptors (Lipinski definition) is 5. The summed E-state index contributed by atoms with van der Waals surface area (Å²) in [4.78, 5) is 12.5. The van der Waals surface area contributed by atoms with E-state index in [9.17, 15) is 9.18 Å². The predicted octanol–water partition coefficient (Wildman–Crippen LogP) is 3.77. The monoisotopic (exact) mass is 365 g/mol. The van der Waals surface area contributed by atoms with Gasteiger partial charge in [0.25, 0.3) is 0 Å². The van der Waals surface area contributed by atoms with Crippen LogP contribution in [-0.2, 0) is 11.5 Å². The van der Waals surface area contributed by atoms with Crippen LogP contribution >= 0.6 is 0 Å². The number of nitrogens with zero attached hydrogens (tertiary/aromatic N) is 1. The number of nitriles is 1. The van der Waals surface area contributed by atoms with Crippen molar-refractivity contribution in [1.82, 2.24) is 0 Å². The molecule has 0 heterocycles. The lowest BCUT2D eigenvalue weighted by atomic mass is 9.95. The number of ether oxygens (including phenoxy) is 1. The Kier molecular flexibility index (Phi) is 5.53. The zero-order chi connectivity index (χ0) is 19.4. The number of methoxy groups -OCH3 is 1. The number of nitrogens with one attached hydrogen (secondary N) is 1. The summed E-state index contributed by atoms with van der Waals surface area (Å²) in [6.07, 6.45) is 0.910. The first kappa shape index (κ1) is 18.6. The van der Waals surface area contributed by atoms with Crippen molar-refractivity contribution in [3.8, 4) is 11.8 Å². The van der Waals surface area contributed by atoms with E-state index in [1.807, 2.05) is 6.07 Å². The molecule has 2 aromatic rings. The van der Waals surface area contributed by atoms with E-state index < -0.39 is 12.7 Å². The molecule has 0 amide bonds. The highest BCUT2D eigenvalue weighted by atomic mass is 19.1. The van der Waals surface area contributed by atoms with Crippen LogP contribution < -0.4 is 15.8 Å². The highest BCUT2D eigenvalue weighted by Crippen LogP contribution is 2.36. The van der Waals surface area contributed by atoms with E-state index in [-0.39, 0.29) is 5.78 Å². The van der Waals surface area contributed by atoms with Crippen molar-refractivity contribution in [3.05, 3.63) is 70.4 Å². The smallest absolute Gasteiger partial charge is 0.162 e. The molecule has 0 fully saturated rings. The fourth-order valence-corrected chi connectivity index (χ4v) is 3.27. The molecule has 0 aliphatic heterocycles. The van der Waals surface area contributed by atoms with Crippen LogP contribution in [0.5, 0.6) is 5.75 Å². The number of carbonyl (C=O) groups excluding carboxylic acids is 1. The molecule has 0 saturated carbocycles. The summed E-state index contributed by atoms with van der Waals surface area (Å²) in [6, 6.07) is 13.3. The van der Waals surface area contributed by atoms with Gasteiger partial charge in [0.15, 0.2) is 5.78 Å². The molecule has 138 valence electrons. The molecule has 3 N–H and O–H groups in total. The Bertz CT molecular complexity index is 947. The van der Waals surface area contributed by atoms with E-state index in [1.165, 1.54) is 7.11 Å². The summed E-state index contributed by atoms with van der Waals surface area (Å²) in [6.45, 7) is -0.553. The predicted molar refractivity (Wildman–Crippen MR) is 101 cm³/mol.